The van der Waals surface area contributed by atoms with Crippen LogP contribution in [0.3, 0.4) is 0 Å². The summed E-state index contributed by atoms with van der Waals surface area (Å²) in [5.74, 6) is 1.00. The van der Waals surface area contributed by atoms with Crippen molar-refractivity contribution in [2.75, 3.05) is 5.75 Å². The van der Waals surface area contributed by atoms with Crippen LogP contribution in [0.4, 0.5) is 0 Å². The number of nitrogens with zero attached hydrogens (tertiary/aromatic N) is 5. The van der Waals surface area contributed by atoms with E-state index in [9.17, 15) is 4.79 Å². The van der Waals surface area contributed by atoms with Gasteiger partial charge in [0.25, 0.3) is 0 Å². The number of hydrogen-bond donors (Lipinski definition) is 1. The maximum Gasteiger partial charge on any atom is 0.230 e. The second-order valence-corrected chi connectivity index (χ2v) is 7.15. The smallest absolute Gasteiger partial charge is 0.230 e. The molecule has 0 radical (unpaired) electrons. The predicted octanol–water partition coefficient (Wildman–Crippen LogP) is 1.51. The topological polar surface area (TPSA) is 94.8 Å². The standard InChI is InChI=1S/C16H22N6O2S/c1-11-3-8-15(17-9-11)24-13-6-4-12(5-7-13)18-14(23)10-25-16-19-20-21-22(16)2/h3,8-9,12-13H,4-7,10H2,1-2H3,(H,18,23). The number of nitrogens with one attached hydrogen (secondary N) is 1. The summed E-state index contributed by atoms with van der Waals surface area (Å²) in [6, 6.07) is 4.11. The van der Waals surface area contributed by atoms with Crippen LogP contribution in [-0.4, -0.2) is 49.0 Å². The van der Waals surface area contributed by atoms with Crippen molar-refractivity contribution in [1.82, 2.24) is 30.5 Å². The summed E-state index contributed by atoms with van der Waals surface area (Å²) in [6.07, 6.45) is 5.65. The van der Waals surface area contributed by atoms with Crippen molar-refractivity contribution in [2.45, 2.75) is 49.9 Å². The molecule has 0 spiro atoms. The van der Waals surface area contributed by atoms with Crippen LogP contribution < -0.4 is 10.1 Å². The Balaban J connectivity index is 1.38. The third kappa shape index (κ3) is 5.15. The highest BCUT2D eigenvalue weighted by Crippen LogP contribution is 2.23. The summed E-state index contributed by atoms with van der Waals surface area (Å²) in [5, 5.41) is 14.9. The minimum absolute atomic E-state index is 0.0116. The Labute approximate surface area is 150 Å². The van der Waals surface area contributed by atoms with Crippen LogP contribution in [0.2, 0.25) is 0 Å². The fraction of sp³-hybridized carbons (Fsp3) is 0.562. The lowest BCUT2D eigenvalue weighted by atomic mass is 9.93. The van der Waals surface area contributed by atoms with Gasteiger partial charge in [0.15, 0.2) is 0 Å². The predicted molar refractivity (Wildman–Crippen MR) is 93.3 cm³/mol. The molecule has 8 nitrogen and oxygen atoms in total. The molecular formula is C16H22N6O2S. The van der Waals surface area contributed by atoms with Crippen LogP contribution in [0.1, 0.15) is 31.2 Å². The molecule has 0 atom stereocenters. The Morgan fingerprint density at radius 3 is 2.80 bits per heavy atom. The molecule has 0 bridgehead atoms. The van der Waals surface area contributed by atoms with Crippen molar-refractivity contribution in [2.24, 2.45) is 7.05 Å². The van der Waals surface area contributed by atoms with Crippen LogP contribution in [0.25, 0.3) is 0 Å². The molecule has 1 aliphatic carbocycles. The number of tetrazole rings is 1. The maximum atomic E-state index is 12.1. The lowest BCUT2D eigenvalue weighted by molar-refractivity contribution is -0.119. The average molecular weight is 362 g/mol. The van der Waals surface area contributed by atoms with Crippen LogP contribution in [0.5, 0.6) is 5.88 Å². The van der Waals surface area contributed by atoms with E-state index in [0.717, 1.165) is 31.2 Å². The first-order valence-corrected chi connectivity index (χ1v) is 9.32. The van der Waals surface area contributed by atoms with E-state index in [0.29, 0.717) is 16.8 Å². The van der Waals surface area contributed by atoms with E-state index >= 15 is 0 Å². The van der Waals surface area contributed by atoms with Crippen molar-refractivity contribution in [1.29, 1.82) is 0 Å². The number of rotatable bonds is 6. The van der Waals surface area contributed by atoms with E-state index in [4.69, 9.17) is 4.74 Å². The SMILES string of the molecule is Cc1ccc(OC2CCC(NC(=O)CSc3nnnn3C)CC2)nc1. The highest BCUT2D eigenvalue weighted by atomic mass is 32.2. The van der Waals surface area contributed by atoms with Gasteiger partial charge in [-0.15, -0.1) is 5.10 Å². The number of carbonyl (C=O) groups is 1. The zero-order valence-electron chi connectivity index (χ0n) is 14.4. The summed E-state index contributed by atoms with van der Waals surface area (Å²) in [6.45, 7) is 2.00. The molecule has 1 aliphatic rings. The number of ether oxygens (including phenoxy) is 1. The number of pyridine rings is 1. The molecule has 2 heterocycles. The summed E-state index contributed by atoms with van der Waals surface area (Å²) in [5.41, 5.74) is 1.12. The number of thioether (sulfide) groups is 1. The molecule has 0 saturated heterocycles. The second-order valence-electron chi connectivity index (χ2n) is 6.21. The molecule has 134 valence electrons. The summed E-state index contributed by atoms with van der Waals surface area (Å²) < 4.78 is 7.48. The van der Waals surface area contributed by atoms with Gasteiger partial charge in [-0.05, 0) is 48.6 Å². The summed E-state index contributed by atoms with van der Waals surface area (Å²) in [7, 11) is 1.75. The lowest BCUT2D eigenvalue weighted by Crippen LogP contribution is -2.40. The molecule has 9 heteroatoms. The molecule has 3 rings (SSSR count). The zero-order chi connectivity index (χ0) is 17.6. The minimum atomic E-state index is 0.0116. The van der Waals surface area contributed by atoms with Crippen LogP contribution in [0.15, 0.2) is 23.5 Å². The molecule has 2 aromatic heterocycles. The lowest BCUT2D eigenvalue weighted by Gasteiger charge is -2.29. The fourth-order valence-corrected chi connectivity index (χ4v) is 3.42. The second kappa shape index (κ2) is 8.28. The van der Waals surface area contributed by atoms with Crippen LogP contribution >= 0.6 is 11.8 Å². The van der Waals surface area contributed by atoms with Gasteiger partial charge >= 0.3 is 0 Å². The molecule has 1 amide bonds. The highest BCUT2D eigenvalue weighted by molar-refractivity contribution is 7.99. The molecular weight excluding hydrogens is 340 g/mol. The third-order valence-electron chi connectivity index (χ3n) is 4.12. The normalized spacial score (nSPS) is 20.2. The number of aryl methyl sites for hydroxylation is 2. The average Bonchev–Trinajstić information content (AvgIpc) is 3.02. The first-order valence-electron chi connectivity index (χ1n) is 8.34. The van der Waals surface area contributed by atoms with E-state index in [-0.39, 0.29) is 18.1 Å². The fourth-order valence-electron chi connectivity index (χ4n) is 2.76. The Morgan fingerprint density at radius 1 is 1.36 bits per heavy atom. The molecule has 0 aliphatic heterocycles. The maximum absolute atomic E-state index is 12.1. The Kier molecular flexibility index (Phi) is 5.85. The molecule has 2 aromatic rings. The van der Waals surface area contributed by atoms with Gasteiger partial charge in [0.1, 0.15) is 6.10 Å². The van der Waals surface area contributed by atoms with Crippen molar-refractivity contribution >= 4 is 17.7 Å². The minimum Gasteiger partial charge on any atom is -0.474 e. The van der Waals surface area contributed by atoms with Gasteiger partial charge < -0.3 is 10.1 Å². The van der Waals surface area contributed by atoms with Crippen molar-refractivity contribution < 1.29 is 9.53 Å². The van der Waals surface area contributed by atoms with E-state index < -0.39 is 0 Å². The summed E-state index contributed by atoms with van der Waals surface area (Å²) in [4.78, 5) is 16.4. The quantitative estimate of drug-likeness (QED) is 0.778. The number of aromatic nitrogens is 5. The monoisotopic (exact) mass is 362 g/mol. The van der Waals surface area contributed by atoms with Gasteiger partial charge in [0, 0.05) is 25.4 Å². The van der Waals surface area contributed by atoms with Gasteiger partial charge in [0.05, 0.1) is 5.75 Å². The first-order chi connectivity index (χ1) is 12.1. The highest BCUT2D eigenvalue weighted by Gasteiger charge is 2.24. The van der Waals surface area contributed by atoms with Crippen LogP contribution in [0, 0.1) is 6.92 Å². The first kappa shape index (κ1) is 17.7. The van der Waals surface area contributed by atoms with Crippen molar-refractivity contribution in [3.63, 3.8) is 0 Å². The molecule has 25 heavy (non-hydrogen) atoms. The third-order valence-corrected chi connectivity index (χ3v) is 5.14. The Bertz CT molecular complexity index is 697. The van der Waals surface area contributed by atoms with E-state index in [1.165, 1.54) is 11.8 Å². The van der Waals surface area contributed by atoms with E-state index in [1.807, 2.05) is 25.3 Å². The Morgan fingerprint density at radius 2 is 2.16 bits per heavy atom. The Hall–Kier alpha value is -2.16. The molecule has 0 aromatic carbocycles. The molecule has 0 unspecified atom stereocenters. The van der Waals surface area contributed by atoms with Crippen molar-refractivity contribution in [3.8, 4) is 5.88 Å². The number of amides is 1. The molecule has 1 saturated carbocycles. The molecule has 1 N–H and O–H groups in total. The van der Waals surface area contributed by atoms with E-state index in [1.54, 1.807) is 11.7 Å². The van der Waals surface area contributed by atoms with Crippen LogP contribution in [-0.2, 0) is 11.8 Å². The zero-order valence-corrected chi connectivity index (χ0v) is 15.2. The van der Waals surface area contributed by atoms with Gasteiger partial charge in [-0.2, -0.15) is 0 Å². The summed E-state index contributed by atoms with van der Waals surface area (Å²) >= 11 is 1.34. The van der Waals surface area contributed by atoms with Gasteiger partial charge in [-0.1, -0.05) is 17.8 Å². The molecule has 1 fully saturated rings. The van der Waals surface area contributed by atoms with Crippen molar-refractivity contribution in [3.05, 3.63) is 23.9 Å². The van der Waals surface area contributed by atoms with Gasteiger partial charge in [0.2, 0.25) is 16.9 Å². The number of hydrogen-bond acceptors (Lipinski definition) is 7. The van der Waals surface area contributed by atoms with Gasteiger partial charge in [-0.3, -0.25) is 4.79 Å². The number of carbonyl (C=O) groups excluding carboxylic acids is 1. The van der Waals surface area contributed by atoms with E-state index in [2.05, 4.69) is 25.8 Å². The largest absolute Gasteiger partial charge is 0.474 e. The van der Waals surface area contributed by atoms with Gasteiger partial charge in [-0.25, -0.2) is 9.67 Å².